The molecule has 3 aromatic rings. The molecule has 0 amide bonds. The molecular weight excluding hydrogens is 335 g/mol. The largest absolute Gasteiger partial charge is 0.416 e. The summed E-state index contributed by atoms with van der Waals surface area (Å²) in [5.41, 5.74) is 1.07. The molecule has 0 aliphatic heterocycles. The fourth-order valence-corrected chi connectivity index (χ4v) is 2.61. The van der Waals surface area contributed by atoms with Gasteiger partial charge in [0.05, 0.1) is 5.56 Å². The van der Waals surface area contributed by atoms with E-state index in [-0.39, 0.29) is 11.1 Å². The van der Waals surface area contributed by atoms with Crippen LogP contribution in [0.15, 0.2) is 60.7 Å². The van der Waals surface area contributed by atoms with Crippen LogP contribution in [0.2, 0.25) is 0 Å². The minimum absolute atomic E-state index is 0.157. The molecule has 0 saturated carbocycles. The van der Waals surface area contributed by atoms with Crippen LogP contribution in [-0.4, -0.2) is 0 Å². The molecule has 0 nitrogen and oxygen atoms in total. The second-order valence-corrected chi connectivity index (χ2v) is 5.75. The van der Waals surface area contributed by atoms with Crippen LogP contribution >= 0.6 is 0 Å². The molecule has 3 rings (SSSR count). The van der Waals surface area contributed by atoms with Gasteiger partial charge in [0, 0.05) is 11.1 Å². The average molecular weight is 348 g/mol. The second kappa shape index (κ2) is 6.31. The number of alkyl halides is 3. The molecular formula is C20H13F5. The summed E-state index contributed by atoms with van der Waals surface area (Å²) in [6, 6.07) is 13.1. The van der Waals surface area contributed by atoms with Crippen LogP contribution in [0.1, 0.15) is 11.1 Å². The molecule has 0 spiro atoms. The molecule has 0 atom stereocenters. The summed E-state index contributed by atoms with van der Waals surface area (Å²) in [7, 11) is 0. The van der Waals surface area contributed by atoms with E-state index in [9.17, 15) is 22.0 Å². The number of aryl methyl sites for hydroxylation is 1. The molecule has 0 aliphatic carbocycles. The smallest absolute Gasteiger partial charge is 0.206 e. The Bertz CT molecular complexity index is 908. The molecule has 5 heteroatoms. The molecule has 0 saturated heterocycles. The zero-order chi connectivity index (χ0) is 18.2. The van der Waals surface area contributed by atoms with Crippen LogP contribution < -0.4 is 0 Å². The van der Waals surface area contributed by atoms with Gasteiger partial charge in [-0.25, -0.2) is 8.78 Å². The monoisotopic (exact) mass is 348 g/mol. The zero-order valence-corrected chi connectivity index (χ0v) is 13.2. The van der Waals surface area contributed by atoms with E-state index >= 15 is 0 Å². The Kier molecular flexibility index (Phi) is 4.33. The molecule has 0 bridgehead atoms. The zero-order valence-electron chi connectivity index (χ0n) is 13.2. The van der Waals surface area contributed by atoms with Gasteiger partial charge in [0.1, 0.15) is 11.6 Å². The summed E-state index contributed by atoms with van der Waals surface area (Å²) in [6.45, 7) is 1.75. The lowest BCUT2D eigenvalue weighted by atomic mass is 9.98. The topological polar surface area (TPSA) is 0 Å². The highest BCUT2D eigenvalue weighted by Crippen LogP contribution is 2.33. The number of hydrogen-bond acceptors (Lipinski definition) is 0. The second-order valence-electron chi connectivity index (χ2n) is 5.75. The SMILES string of the molecule is Cc1ccc(-c2ccc(-c3ccc(C(F)(F)F)cc3)c(F)c2)c(F)c1. The third kappa shape index (κ3) is 3.55. The van der Waals surface area contributed by atoms with Crippen LogP contribution in [-0.2, 0) is 6.18 Å². The van der Waals surface area contributed by atoms with E-state index in [0.29, 0.717) is 11.1 Å². The lowest BCUT2D eigenvalue weighted by molar-refractivity contribution is -0.137. The first-order chi connectivity index (χ1) is 11.8. The number of benzene rings is 3. The molecule has 3 aromatic carbocycles. The van der Waals surface area contributed by atoms with E-state index in [1.165, 1.54) is 30.3 Å². The Labute approximate surface area is 141 Å². The van der Waals surface area contributed by atoms with Crippen LogP contribution in [0, 0.1) is 18.6 Å². The maximum Gasteiger partial charge on any atom is 0.416 e. The molecule has 0 radical (unpaired) electrons. The molecule has 25 heavy (non-hydrogen) atoms. The molecule has 0 N–H and O–H groups in total. The predicted octanol–water partition coefficient (Wildman–Crippen LogP) is 6.63. The standard InChI is InChI=1S/C20H13F5/c1-12-2-8-17(18(21)10-12)14-5-9-16(19(22)11-14)13-3-6-15(7-4-13)20(23,24)25/h2-11H,1H3. The van der Waals surface area contributed by atoms with E-state index in [4.69, 9.17) is 0 Å². The van der Waals surface area contributed by atoms with Crippen molar-refractivity contribution in [2.24, 2.45) is 0 Å². The summed E-state index contributed by atoms with van der Waals surface area (Å²) >= 11 is 0. The van der Waals surface area contributed by atoms with Crippen molar-refractivity contribution in [2.75, 3.05) is 0 Å². The lowest BCUT2D eigenvalue weighted by Crippen LogP contribution is -2.04. The molecule has 0 fully saturated rings. The van der Waals surface area contributed by atoms with Crippen molar-refractivity contribution in [3.63, 3.8) is 0 Å². The highest BCUT2D eigenvalue weighted by Gasteiger charge is 2.30. The van der Waals surface area contributed by atoms with Gasteiger partial charge in [-0.1, -0.05) is 36.4 Å². The van der Waals surface area contributed by atoms with E-state index in [1.807, 2.05) is 0 Å². The van der Waals surface area contributed by atoms with E-state index in [2.05, 4.69) is 0 Å². The fraction of sp³-hybridized carbons (Fsp3) is 0.100. The van der Waals surface area contributed by atoms with Crippen LogP contribution in [0.4, 0.5) is 22.0 Å². The predicted molar refractivity (Wildman–Crippen MR) is 87.0 cm³/mol. The highest BCUT2D eigenvalue weighted by atomic mass is 19.4. The average Bonchev–Trinajstić information content (AvgIpc) is 2.54. The normalized spacial score (nSPS) is 11.6. The van der Waals surface area contributed by atoms with Crippen molar-refractivity contribution in [3.05, 3.63) is 83.4 Å². The quantitative estimate of drug-likeness (QED) is 0.456. The van der Waals surface area contributed by atoms with Gasteiger partial charge in [-0.05, 0) is 47.9 Å². The molecule has 0 heterocycles. The van der Waals surface area contributed by atoms with Crippen molar-refractivity contribution in [1.29, 1.82) is 0 Å². The van der Waals surface area contributed by atoms with Gasteiger partial charge in [-0.2, -0.15) is 13.2 Å². The Morgan fingerprint density at radius 1 is 0.640 bits per heavy atom. The summed E-state index contributed by atoms with van der Waals surface area (Å²) < 4.78 is 66.2. The van der Waals surface area contributed by atoms with Gasteiger partial charge in [-0.15, -0.1) is 0 Å². The third-order valence-corrected chi connectivity index (χ3v) is 3.93. The summed E-state index contributed by atoms with van der Waals surface area (Å²) in [6.07, 6.45) is -4.44. The van der Waals surface area contributed by atoms with E-state index in [1.54, 1.807) is 25.1 Å². The summed E-state index contributed by atoms with van der Waals surface area (Å²) in [4.78, 5) is 0. The van der Waals surface area contributed by atoms with Gasteiger partial charge in [0.2, 0.25) is 0 Å². The van der Waals surface area contributed by atoms with E-state index < -0.39 is 23.4 Å². The molecule has 0 aliphatic rings. The summed E-state index contributed by atoms with van der Waals surface area (Å²) in [5.74, 6) is -1.08. The fourth-order valence-electron chi connectivity index (χ4n) is 2.61. The maximum atomic E-state index is 14.4. The van der Waals surface area contributed by atoms with E-state index in [0.717, 1.165) is 17.7 Å². The van der Waals surface area contributed by atoms with Gasteiger partial charge in [0.15, 0.2) is 0 Å². The van der Waals surface area contributed by atoms with Gasteiger partial charge in [-0.3, -0.25) is 0 Å². The first-order valence-electron chi connectivity index (χ1n) is 7.49. The maximum absolute atomic E-state index is 14.4. The Balaban J connectivity index is 1.97. The first kappa shape index (κ1) is 17.1. The molecule has 0 aromatic heterocycles. The molecule has 128 valence electrons. The Morgan fingerprint density at radius 2 is 1.16 bits per heavy atom. The third-order valence-electron chi connectivity index (χ3n) is 3.93. The van der Waals surface area contributed by atoms with Crippen molar-refractivity contribution in [1.82, 2.24) is 0 Å². The van der Waals surface area contributed by atoms with Crippen molar-refractivity contribution < 1.29 is 22.0 Å². The molecule has 0 unspecified atom stereocenters. The number of rotatable bonds is 2. The highest BCUT2D eigenvalue weighted by molar-refractivity contribution is 5.71. The number of halogens is 5. The minimum Gasteiger partial charge on any atom is -0.206 e. The Hall–Kier alpha value is -2.69. The Morgan fingerprint density at radius 3 is 1.72 bits per heavy atom. The van der Waals surface area contributed by atoms with Crippen LogP contribution in [0.5, 0.6) is 0 Å². The lowest BCUT2D eigenvalue weighted by Gasteiger charge is -2.10. The first-order valence-corrected chi connectivity index (χ1v) is 7.49. The minimum atomic E-state index is -4.44. The van der Waals surface area contributed by atoms with Crippen LogP contribution in [0.3, 0.4) is 0 Å². The van der Waals surface area contributed by atoms with Crippen LogP contribution in [0.25, 0.3) is 22.3 Å². The van der Waals surface area contributed by atoms with Crippen molar-refractivity contribution in [3.8, 4) is 22.3 Å². The van der Waals surface area contributed by atoms with Gasteiger partial charge < -0.3 is 0 Å². The number of hydrogen-bond donors (Lipinski definition) is 0. The van der Waals surface area contributed by atoms with Gasteiger partial charge in [0.25, 0.3) is 0 Å². The summed E-state index contributed by atoms with van der Waals surface area (Å²) in [5, 5.41) is 0. The van der Waals surface area contributed by atoms with Gasteiger partial charge >= 0.3 is 6.18 Å². The van der Waals surface area contributed by atoms with Crippen molar-refractivity contribution >= 4 is 0 Å². The van der Waals surface area contributed by atoms with Crippen molar-refractivity contribution in [2.45, 2.75) is 13.1 Å².